The molecule has 2 heterocycles. The number of H-pyrrole nitrogens is 1. The van der Waals surface area contributed by atoms with E-state index >= 15 is 0 Å². The van der Waals surface area contributed by atoms with Gasteiger partial charge in [-0.2, -0.15) is 0 Å². The summed E-state index contributed by atoms with van der Waals surface area (Å²) in [6, 6.07) is 2.74. The zero-order valence-corrected chi connectivity index (χ0v) is 9.56. The number of anilines is 1. The van der Waals surface area contributed by atoms with Crippen LogP contribution in [0.5, 0.6) is 0 Å². The molecule has 0 amide bonds. The number of carbonyl (C=O) groups is 1. The normalized spacial score (nSPS) is 10.3. The zero-order chi connectivity index (χ0) is 13.1. The molecule has 0 saturated carbocycles. The van der Waals surface area contributed by atoms with E-state index in [4.69, 9.17) is 9.52 Å². The Balaban J connectivity index is 2.09. The Morgan fingerprint density at radius 1 is 1.56 bits per heavy atom. The lowest BCUT2D eigenvalue weighted by atomic mass is 10.2. The van der Waals surface area contributed by atoms with Crippen molar-refractivity contribution in [3.63, 3.8) is 0 Å². The topological polar surface area (TPSA) is 108 Å². The van der Waals surface area contributed by atoms with Crippen LogP contribution in [0.1, 0.15) is 21.9 Å². The van der Waals surface area contributed by atoms with Crippen molar-refractivity contribution in [3.8, 4) is 0 Å². The Morgan fingerprint density at radius 3 is 2.94 bits per heavy atom. The largest absolute Gasteiger partial charge is 0.478 e. The van der Waals surface area contributed by atoms with Crippen LogP contribution in [0.4, 0.5) is 5.82 Å². The van der Waals surface area contributed by atoms with E-state index in [0.717, 1.165) is 0 Å². The minimum Gasteiger partial charge on any atom is -0.478 e. The highest BCUT2D eigenvalue weighted by molar-refractivity contribution is 5.88. The molecule has 18 heavy (non-hydrogen) atoms. The minimum absolute atomic E-state index is 0.130. The predicted octanol–water partition coefficient (Wildman–Crippen LogP) is 0.982. The van der Waals surface area contributed by atoms with Gasteiger partial charge in [0.15, 0.2) is 0 Å². The highest BCUT2D eigenvalue weighted by Gasteiger charge is 2.13. The second-order valence-electron chi connectivity index (χ2n) is 3.64. The van der Waals surface area contributed by atoms with Gasteiger partial charge in [0, 0.05) is 6.07 Å². The Kier molecular flexibility index (Phi) is 3.13. The lowest BCUT2D eigenvalue weighted by Crippen LogP contribution is -2.08. The SMILES string of the molecule is Cc1oc(CNc2cc(=O)[nH]cn2)cc1C(=O)O. The van der Waals surface area contributed by atoms with Crippen LogP contribution in [0.25, 0.3) is 0 Å². The fraction of sp³-hybridized carbons (Fsp3) is 0.182. The first-order chi connectivity index (χ1) is 8.56. The van der Waals surface area contributed by atoms with Crippen molar-refractivity contribution in [2.75, 3.05) is 5.32 Å². The first-order valence-electron chi connectivity index (χ1n) is 5.17. The van der Waals surface area contributed by atoms with Gasteiger partial charge in [-0.25, -0.2) is 9.78 Å². The van der Waals surface area contributed by atoms with Gasteiger partial charge >= 0.3 is 5.97 Å². The lowest BCUT2D eigenvalue weighted by Gasteiger charge is -2.01. The van der Waals surface area contributed by atoms with Crippen molar-refractivity contribution in [1.82, 2.24) is 9.97 Å². The van der Waals surface area contributed by atoms with E-state index < -0.39 is 5.97 Å². The fourth-order valence-corrected chi connectivity index (χ4v) is 1.49. The van der Waals surface area contributed by atoms with Crippen LogP contribution in [0.15, 0.2) is 27.7 Å². The number of furan rings is 1. The van der Waals surface area contributed by atoms with Crippen LogP contribution in [0.3, 0.4) is 0 Å². The molecular formula is C11H11N3O4. The summed E-state index contributed by atoms with van der Waals surface area (Å²) in [5, 5.41) is 11.7. The molecule has 0 atom stereocenters. The monoisotopic (exact) mass is 249 g/mol. The summed E-state index contributed by atoms with van der Waals surface area (Å²) in [6.45, 7) is 1.84. The Morgan fingerprint density at radius 2 is 2.33 bits per heavy atom. The summed E-state index contributed by atoms with van der Waals surface area (Å²) in [7, 11) is 0. The number of aryl methyl sites for hydroxylation is 1. The quantitative estimate of drug-likeness (QED) is 0.745. The Labute approximate surface area is 101 Å². The molecule has 7 heteroatoms. The molecule has 7 nitrogen and oxygen atoms in total. The van der Waals surface area contributed by atoms with Gasteiger partial charge in [0.25, 0.3) is 5.56 Å². The summed E-state index contributed by atoms with van der Waals surface area (Å²) in [5.74, 6) is 0.173. The van der Waals surface area contributed by atoms with Gasteiger partial charge in [0.05, 0.1) is 12.9 Å². The number of carboxylic acids is 1. The van der Waals surface area contributed by atoms with E-state index in [2.05, 4.69) is 15.3 Å². The number of aromatic amines is 1. The molecule has 0 saturated heterocycles. The van der Waals surface area contributed by atoms with Crippen LogP contribution in [-0.4, -0.2) is 21.0 Å². The highest BCUT2D eigenvalue weighted by Crippen LogP contribution is 2.15. The van der Waals surface area contributed by atoms with E-state index in [-0.39, 0.29) is 17.7 Å². The van der Waals surface area contributed by atoms with E-state index in [1.54, 1.807) is 6.92 Å². The number of aromatic nitrogens is 2. The van der Waals surface area contributed by atoms with Crippen molar-refractivity contribution < 1.29 is 14.3 Å². The van der Waals surface area contributed by atoms with Crippen LogP contribution >= 0.6 is 0 Å². The summed E-state index contributed by atoms with van der Waals surface area (Å²) in [6.07, 6.45) is 1.28. The number of nitrogens with one attached hydrogen (secondary N) is 2. The van der Waals surface area contributed by atoms with Gasteiger partial charge in [-0.15, -0.1) is 0 Å². The third-order valence-corrected chi connectivity index (χ3v) is 2.32. The molecule has 2 rings (SSSR count). The molecule has 3 N–H and O–H groups in total. The predicted molar refractivity (Wildman–Crippen MR) is 62.6 cm³/mol. The maximum absolute atomic E-state index is 11.0. The first kappa shape index (κ1) is 11.9. The van der Waals surface area contributed by atoms with E-state index in [1.165, 1.54) is 18.5 Å². The van der Waals surface area contributed by atoms with Gasteiger partial charge in [-0.1, -0.05) is 0 Å². The second kappa shape index (κ2) is 4.74. The summed E-state index contributed by atoms with van der Waals surface area (Å²) in [4.78, 5) is 28.1. The molecule has 0 aliphatic carbocycles. The third kappa shape index (κ3) is 2.57. The average molecular weight is 249 g/mol. The van der Waals surface area contributed by atoms with Crippen LogP contribution < -0.4 is 10.9 Å². The highest BCUT2D eigenvalue weighted by atomic mass is 16.4. The van der Waals surface area contributed by atoms with Gasteiger partial charge in [-0.3, -0.25) is 4.79 Å². The van der Waals surface area contributed by atoms with Crippen molar-refractivity contribution >= 4 is 11.8 Å². The molecular weight excluding hydrogens is 238 g/mol. The molecule has 0 spiro atoms. The summed E-state index contributed by atoms with van der Waals surface area (Å²) < 4.78 is 5.27. The van der Waals surface area contributed by atoms with Gasteiger partial charge in [0.1, 0.15) is 22.9 Å². The molecule has 0 aromatic carbocycles. The molecule has 2 aromatic rings. The Hall–Kier alpha value is -2.57. The number of rotatable bonds is 4. The van der Waals surface area contributed by atoms with Crippen LogP contribution in [0, 0.1) is 6.92 Å². The maximum Gasteiger partial charge on any atom is 0.339 e. The minimum atomic E-state index is -1.03. The number of nitrogens with zero attached hydrogens (tertiary/aromatic N) is 1. The Bertz CT molecular complexity index is 629. The molecule has 0 aliphatic rings. The molecule has 0 fully saturated rings. The van der Waals surface area contributed by atoms with Crippen molar-refractivity contribution in [2.45, 2.75) is 13.5 Å². The number of hydrogen-bond acceptors (Lipinski definition) is 5. The molecule has 0 unspecified atom stereocenters. The van der Waals surface area contributed by atoms with Crippen LogP contribution in [-0.2, 0) is 6.54 Å². The van der Waals surface area contributed by atoms with Gasteiger partial charge in [-0.05, 0) is 13.0 Å². The summed E-state index contributed by atoms with van der Waals surface area (Å²) in [5.41, 5.74) is -0.139. The van der Waals surface area contributed by atoms with Crippen molar-refractivity contribution in [3.05, 3.63) is 45.9 Å². The molecule has 2 aromatic heterocycles. The maximum atomic E-state index is 11.0. The molecule has 0 aliphatic heterocycles. The number of carboxylic acid groups (broad SMARTS) is 1. The van der Waals surface area contributed by atoms with Gasteiger partial charge < -0.3 is 19.8 Å². The van der Waals surface area contributed by atoms with E-state index in [1.807, 2.05) is 0 Å². The first-order valence-corrected chi connectivity index (χ1v) is 5.17. The zero-order valence-electron chi connectivity index (χ0n) is 9.56. The third-order valence-electron chi connectivity index (χ3n) is 2.32. The molecule has 0 radical (unpaired) electrons. The van der Waals surface area contributed by atoms with E-state index in [9.17, 15) is 9.59 Å². The fourth-order valence-electron chi connectivity index (χ4n) is 1.49. The van der Waals surface area contributed by atoms with Crippen LogP contribution in [0.2, 0.25) is 0 Å². The van der Waals surface area contributed by atoms with Gasteiger partial charge in [0.2, 0.25) is 0 Å². The summed E-state index contributed by atoms with van der Waals surface area (Å²) >= 11 is 0. The van der Waals surface area contributed by atoms with Crippen molar-refractivity contribution in [1.29, 1.82) is 0 Å². The molecule has 94 valence electrons. The number of hydrogen-bond donors (Lipinski definition) is 3. The smallest absolute Gasteiger partial charge is 0.339 e. The lowest BCUT2D eigenvalue weighted by molar-refractivity contribution is 0.0695. The van der Waals surface area contributed by atoms with Crippen molar-refractivity contribution in [2.24, 2.45) is 0 Å². The standard InChI is InChI=1S/C11H11N3O4/c1-6-8(11(16)17)2-7(18-6)4-12-9-3-10(15)14-5-13-9/h2-3,5H,4H2,1H3,(H,16,17)(H2,12,13,14,15). The second-order valence-corrected chi connectivity index (χ2v) is 3.64. The molecule has 0 bridgehead atoms. The van der Waals surface area contributed by atoms with E-state index in [0.29, 0.717) is 17.3 Å². The average Bonchev–Trinajstić information content (AvgIpc) is 2.68. The number of aromatic carboxylic acids is 1.